The number of hydrogen-bond acceptors (Lipinski definition) is 3. The van der Waals surface area contributed by atoms with Crippen LogP contribution in [0.25, 0.3) is 0 Å². The average Bonchev–Trinajstić information content (AvgIpc) is 2.75. The number of nitrogens with one attached hydrogen (secondary N) is 3. The highest BCUT2D eigenvalue weighted by Gasteiger charge is 2.39. The van der Waals surface area contributed by atoms with Gasteiger partial charge < -0.3 is 10.6 Å². The predicted molar refractivity (Wildman–Crippen MR) is 100 cm³/mol. The maximum atomic E-state index is 12.4. The van der Waals surface area contributed by atoms with E-state index in [1.807, 2.05) is 50.3 Å². The normalized spacial score (nSPS) is 17.7. The Balaban J connectivity index is 1.68. The lowest BCUT2D eigenvalue weighted by Crippen LogP contribution is -2.47. The number of benzene rings is 1. The summed E-state index contributed by atoms with van der Waals surface area (Å²) in [4.78, 5) is 24.2. The van der Waals surface area contributed by atoms with Crippen LogP contribution in [0.2, 0.25) is 0 Å². The van der Waals surface area contributed by atoms with Crippen LogP contribution in [0, 0.1) is 0 Å². The maximum Gasteiger partial charge on any atom is 0.248 e. The third-order valence-corrected chi connectivity index (χ3v) is 4.23. The molecule has 0 bridgehead atoms. The summed E-state index contributed by atoms with van der Waals surface area (Å²) in [6, 6.07) is 9.65. The highest BCUT2D eigenvalue weighted by atomic mass is 16.2. The maximum absolute atomic E-state index is 12.4. The number of amides is 2. The lowest BCUT2D eigenvalue weighted by Gasteiger charge is -2.27. The van der Waals surface area contributed by atoms with Gasteiger partial charge in [0.05, 0.1) is 6.42 Å². The lowest BCUT2D eigenvalue weighted by atomic mass is 9.96. The summed E-state index contributed by atoms with van der Waals surface area (Å²) in [5, 5.41) is 9.26. The van der Waals surface area contributed by atoms with E-state index in [1.165, 1.54) is 0 Å². The third-order valence-electron chi connectivity index (χ3n) is 4.23. The highest BCUT2D eigenvalue weighted by molar-refractivity contribution is 5.96. The van der Waals surface area contributed by atoms with Crippen LogP contribution in [0.3, 0.4) is 0 Å². The van der Waals surface area contributed by atoms with E-state index >= 15 is 0 Å². The van der Waals surface area contributed by atoms with Crippen LogP contribution in [0.4, 0.5) is 0 Å². The summed E-state index contributed by atoms with van der Waals surface area (Å²) in [6.45, 7) is 9.22. The molecule has 1 heterocycles. The standard InChI is InChI=1S/C20H29N3O2/c1-19(2)14-16(20(3,4)23-19)18(25)22-12-8-11-21-17(24)13-15-9-6-5-7-10-15/h5-7,9-10,14,23H,8,11-13H2,1-4H3,(H,21,24)(H,22,25). The zero-order chi connectivity index (χ0) is 18.5. The Bertz CT molecular complexity index is 648. The van der Waals surface area contributed by atoms with Gasteiger partial charge >= 0.3 is 0 Å². The Labute approximate surface area is 150 Å². The first-order valence-electron chi connectivity index (χ1n) is 8.81. The second-order valence-electron chi connectivity index (χ2n) is 7.65. The SMILES string of the molecule is CC1(C)C=C(C(=O)NCCCNC(=O)Cc2ccccc2)C(C)(C)N1. The molecular weight excluding hydrogens is 314 g/mol. The molecule has 0 aromatic heterocycles. The highest BCUT2D eigenvalue weighted by Crippen LogP contribution is 2.29. The fourth-order valence-corrected chi connectivity index (χ4v) is 3.26. The monoisotopic (exact) mass is 343 g/mol. The molecule has 136 valence electrons. The predicted octanol–water partition coefficient (Wildman–Crippen LogP) is 1.94. The first-order valence-corrected chi connectivity index (χ1v) is 8.81. The summed E-state index contributed by atoms with van der Waals surface area (Å²) < 4.78 is 0. The van der Waals surface area contributed by atoms with Crippen LogP contribution < -0.4 is 16.0 Å². The lowest BCUT2D eigenvalue weighted by molar-refractivity contribution is -0.120. The largest absolute Gasteiger partial charge is 0.356 e. The molecule has 0 aliphatic carbocycles. The van der Waals surface area contributed by atoms with Gasteiger partial charge in [-0.3, -0.25) is 14.9 Å². The van der Waals surface area contributed by atoms with Crippen LogP contribution in [-0.4, -0.2) is 36.0 Å². The van der Waals surface area contributed by atoms with Crippen molar-refractivity contribution in [2.24, 2.45) is 0 Å². The van der Waals surface area contributed by atoms with Crippen molar-refractivity contribution in [1.82, 2.24) is 16.0 Å². The molecule has 0 unspecified atom stereocenters. The van der Waals surface area contributed by atoms with Crippen molar-refractivity contribution in [2.45, 2.75) is 51.6 Å². The van der Waals surface area contributed by atoms with E-state index in [0.29, 0.717) is 25.9 Å². The van der Waals surface area contributed by atoms with Gasteiger partial charge in [0, 0.05) is 29.7 Å². The summed E-state index contributed by atoms with van der Waals surface area (Å²) in [5.41, 5.74) is 1.25. The van der Waals surface area contributed by atoms with Crippen molar-refractivity contribution in [1.29, 1.82) is 0 Å². The minimum atomic E-state index is -0.336. The van der Waals surface area contributed by atoms with Crippen LogP contribution in [0.5, 0.6) is 0 Å². The fourth-order valence-electron chi connectivity index (χ4n) is 3.26. The average molecular weight is 343 g/mol. The summed E-state index contributed by atoms with van der Waals surface area (Å²) in [5.74, 6) is -0.0400. The molecule has 2 amide bonds. The fraction of sp³-hybridized carbons (Fsp3) is 0.500. The molecule has 5 nitrogen and oxygen atoms in total. The molecule has 0 saturated carbocycles. The number of rotatable bonds is 7. The molecule has 25 heavy (non-hydrogen) atoms. The van der Waals surface area contributed by atoms with E-state index in [0.717, 1.165) is 11.1 Å². The van der Waals surface area contributed by atoms with Crippen LogP contribution >= 0.6 is 0 Å². The first-order chi connectivity index (χ1) is 11.7. The van der Waals surface area contributed by atoms with E-state index < -0.39 is 0 Å². The molecule has 1 aliphatic heterocycles. The van der Waals surface area contributed by atoms with Gasteiger partial charge in [-0.1, -0.05) is 36.4 Å². The second kappa shape index (κ2) is 7.83. The number of carbonyl (C=O) groups is 2. The van der Waals surface area contributed by atoms with E-state index in [2.05, 4.69) is 29.8 Å². The van der Waals surface area contributed by atoms with Gasteiger partial charge in [0.15, 0.2) is 0 Å². The van der Waals surface area contributed by atoms with E-state index in [4.69, 9.17) is 0 Å². The van der Waals surface area contributed by atoms with E-state index in [-0.39, 0.29) is 22.9 Å². The van der Waals surface area contributed by atoms with Crippen LogP contribution in [0.15, 0.2) is 42.0 Å². The molecule has 2 rings (SSSR count). The summed E-state index contributed by atoms with van der Waals surface area (Å²) >= 11 is 0. The number of hydrogen-bond donors (Lipinski definition) is 3. The molecule has 0 spiro atoms. The van der Waals surface area contributed by atoms with Gasteiger partial charge in [0.1, 0.15) is 0 Å². The molecule has 0 radical (unpaired) electrons. The van der Waals surface area contributed by atoms with Gasteiger partial charge in [-0.2, -0.15) is 0 Å². The number of carbonyl (C=O) groups excluding carboxylic acids is 2. The molecule has 0 atom stereocenters. The van der Waals surface area contributed by atoms with Crippen LogP contribution in [-0.2, 0) is 16.0 Å². The van der Waals surface area contributed by atoms with Crippen molar-refractivity contribution in [3.8, 4) is 0 Å². The minimum Gasteiger partial charge on any atom is -0.356 e. The first kappa shape index (κ1) is 19.2. The smallest absolute Gasteiger partial charge is 0.248 e. The van der Waals surface area contributed by atoms with Gasteiger partial charge in [0.25, 0.3) is 0 Å². The van der Waals surface area contributed by atoms with Crippen molar-refractivity contribution < 1.29 is 9.59 Å². The molecule has 0 saturated heterocycles. The zero-order valence-corrected chi connectivity index (χ0v) is 15.6. The topological polar surface area (TPSA) is 70.2 Å². The van der Waals surface area contributed by atoms with E-state index in [9.17, 15) is 9.59 Å². The molecule has 3 N–H and O–H groups in total. The van der Waals surface area contributed by atoms with Crippen LogP contribution in [0.1, 0.15) is 39.7 Å². The Morgan fingerprint density at radius 1 is 1.00 bits per heavy atom. The minimum absolute atomic E-state index is 0.00288. The molecule has 0 fully saturated rings. The molecule has 5 heteroatoms. The van der Waals surface area contributed by atoms with Crippen molar-refractivity contribution in [3.05, 3.63) is 47.5 Å². The van der Waals surface area contributed by atoms with E-state index in [1.54, 1.807) is 0 Å². The Morgan fingerprint density at radius 2 is 1.64 bits per heavy atom. The molecule has 1 aromatic carbocycles. The van der Waals surface area contributed by atoms with Gasteiger partial charge in [-0.25, -0.2) is 0 Å². The second-order valence-corrected chi connectivity index (χ2v) is 7.65. The van der Waals surface area contributed by atoms with Gasteiger partial charge in [0.2, 0.25) is 11.8 Å². The molecule has 1 aromatic rings. The molecule has 1 aliphatic rings. The Morgan fingerprint density at radius 3 is 2.24 bits per heavy atom. The summed E-state index contributed by atoms with van der Waals surface area (Å²) in [6.07, 6.45) is 3.08. The Kier molecular flexibility index (Phi) is 6.01. The third kappa shape index (κ3) is 5.71. The van der Waals surface area contributed by atoms with Crippen molar-refractivity contribution in [2.75, 3.05) is 13.1 Å². The summed E-state index contributed by atoms with van der Waals surface area (Å²) in [7, 11) is 0. The van der Waals surface area contributed by atoms with Gasteiger partial charge in [-0.05, 0) is 39.7 Å². The van der Waals surface area contributed by atoms with Crippen molar-refractivity contribution in [3.63, 3.8) is 0 Å². The van der Waals surface area contributed by atoms with Gasteiger partial charge in [-0.15, -0.1) is 0 Å². The quantitative estimate of drug-likeness (QED) is 0.663. The Hall–Kier alpha value is -2.14. The zero-order valence-electron chi connectivity index (χ0n) is 15.6. The van der Waals surface area contributed by atoms with Crippen molar-refractivity contribution >= 4 is 11.8 Å². The molecular formula is C20H29N3O2.